The number of hydrogen-bond acceptors (Lipinski definition) is 3. The van der Waals surface area contributed by atoms with Gasteiger partial charge in [0.25, 0.3) is 0 Å². The maximum Gasteiger partial charge on any atom is 0.193 e. The zero-order chi connectivity index (χ0) is 17.8. The molecule has 1 aromatic heterocycles. The molecule has 0 saturated carbocycles. The molecule has 0 aliphatic carbocycles. The van der Waals surface area contributed by atoms with Gasteiger partial charge in [0.05, 0.1) is 6.04 Å². The van der Waals surface area contributed by atoms with Crippen molar-refractivity contribution in [3.63, 3.8) is 0 Å². The fourth-order valence-electron chi connectivity index (χ4n) is 4.12. The van der Waals surface area contributed by atoms with E-state index in [0.29, 0.717) is 6.04 Å². The normalized spacial score (nSPS) is 18.7. The molecule has 0 radical (unpaired) electrons. The molecule has 2 aliphatic rings. The minimum Gasteiger partial charge on any atom is -0.354 e. The molecule has 0 amide bonds. The average Bonchev–Trinajstić information content (AvgIpc) is 3.37. The molecule has 2 aromatic rings. The van der Waals surface area contributed by atoms with Crippen LogP contribution in [0.3, 0.4) is 0 Å². The fraction of sp³-hybridized carbons (Fsp3) is 0.476. The van der Waals surface area contributed by atoms with E-state index in [1.807, 2.05) is 18.4 Å². The Kier molecular flexibility index (Phi) is 7.55. The second kappa shape index (κ2) is 9.89. The van der Waals surface area contributed by atoms with Gasteiger partial charge in [-0.05, 0) is 41.8 Å². The molecule has 2 aliphatic heterocycles. The predicted molar refractivity (Wildman–Crippen MR) is 125 cm³/mol. The average molecular weight is 496 g/mol. The molecule has 1 atom stereocenters. The lowest BCUT2D eigenvalue weighted by Gasteiger charge is -2.36. The van der Waals surface area contributed by atoms with Crippen LogP contribution in [-0.4, -0.2) is 49.0 Å². The maximum absolute atomic E-state index is 4.52. The quantitative estimate of drug-likeness (QED) is 0.392. The Balaban J connectivity index is 0.00000210. The number of nitrogens with zero attached hydrogens (tertiary/aromatic N) is 3. The summed E-state index contributed by atoms with van der Waals surface area (Å²) >= 11 is 1.91. The summed E-state index contributed by atoms with van der Waals surface area (Å²) in [5.74, 6) is 1.05. The predicted octanol–water partition coefficient (Wildman–Crippen LogP) is 4.14. The standard InChI is InChI=1S/C21H28N4S.HI/c1-22-21(24-11-5-6-12-24)23-15-19(17-7-3-2-4-8-17)25-13-9-20-18(16-25)10-14-26-20;/h2-4,7-8,10,14,19H,5-6,9,11-13,15-16H2,1H3,(H,22,23);1H. The van der Waals surface area contributed by atoms with Crippen molar-refractivity contribution in [2.45, 2.75) is 31.8 Å². The summed E-state index contributed by atoms with van der Waals surface area (Å²) in [7, 11) is 1.90. The van der Waals surface area contributed by atoms with E-state index in [1.165, 1.54) is 24.0 Å². The second-order valence-electron chi connectivity index (χ2n) is 7.14. The molecule has 0 bridgehead atoms. The summed E-state index contributed by atoms with van der Waals surface area (Å²) in [5, 5.41) is 5.90. The van der Waals surface area contributed by atoms with Crippen molar-refractivity contribution in [3.8, 4) is 0 Å². The van der Waals surface area contributed by atoms with Gasteiger partial charge in [0, 0.05) is 44.6 Å². The first-order valence-corrected chi connectivity index (χ1v) is 10.5. The largest absolute Gasteiger partial charge is 0.354 e. The van der Waals surface area contributed by atoms with E-state index in [2.05, 4.69) is 61.9 Å². The lowest BCUT2D eigenvalue weighted by atomic mass is 10.0. The van der Waals surface area contributed by atoms with Crippen molar-refractivity contribution < 1.29 is 0 Å². The van der Waals surface area contributed by atoms with Gasteiger partial charge in [0.15, 0.2) is 5.96 Å². The Hall–Kier alpha value is -1.12. The summed E-state index contributed by atoms with van der Waals surface area (Å²) < 4.78 is 0. The minimum atomic E-state index is 0. The zero-order valence-electron chi connectivity index (χ0n) is 15.9. The third kappa shape index (κ3) is 4.84. The van der Waals surface area contributed by atoms with E-state index in [9.17, 15) is 0 Å². The first kappa shape index (κ1) is 20.6. The Labute approximate surface area is 183 Å². The Bertz CT molecular complexity index is 740. The van der Waals surface area contributed by atoms with Gasteiger partial charge in [-0.15, -0.1) is 35.3 Å². The molecule has 1 N–H and O–H groups in total. The molecule has 146 valence electrons. The van der Waals surface area contributed by atoms with Crippen molar-refractivity contribution in [1.82, 2.24) is 15.1 Å². The van der Waals surface area contributed by atoms with Crippen LogP contribution in [-0.2, 0) is 13.0 Å². The Morgan fingerprint density at radius 1 is 1.15 bits per heavy atom. The minimum absolute atomic E-state index is 0. The summed E-state index contributed by atoms with van der Waals surface area (Å²) in [5.41, 5.74) is 2.89. The van der Waals surface area contributed by atoms with E-state index in [0.717, 1.165) is 45.1 Å². The highest BCUT2D eigenvalue weighted by molar-refractivity contribution is 14.0. The van der Waals surface area contributed by atoms with Crippen molar-refractivity contribution in [3.05, 3.63) is 57.8 Å². The smallest absolute Gasteiger partial charge is 0.193 e. The lowest BCUT2D eigenvalue weighted by Crippen LogP contribution is -2.45. The Morgan fingerprint density at radius 3 is 2.67 bits per heavy atom. The molecule has 27 heavy (non-hydrogen) atoms. The van der Waals surface area contributed by atoms with Gasteiger partial charge < -0.3 is 10.2 Å². The van der Waals surface area contributed by atoms with E-state index >= 15 is 0 Å². The molecular formula is C21H29IN4S. The summed E-state index contributed by atoms with van der Waals surface area (Å²) in [6, 6.07) is 13.6. The highest BCUT2D eigenvalue weighted by Crippen LogP contribution is 2.30. The van der Waals surface area contributed by atoms with Crippen molar-refractivity contribution in [2.75, 3.05) is 33.2 Å². The molecule has 1 saturated heterocycles. The number of fused-ring (bicyclic) bond motifs is 1. The van der Waals surface area contributed by atoms with Crippen LogP contribution in [0, 0.1) is 0 Å². The first-order valence-electron chi connectivity index (χ1n) is 9.65. The lowest BCUT2D eigenvalue weighted by molar-refractivity contribution is 0.180. The molecule has 1 unspecified atom stereocenters. The number of rotatable bonds is 4. The number of aliphatic imine (C=N–C) groups is 1. The van der Waals surface area contributed by atoms with Gasteiger partial charge in [-0.25, -0.2) is 0 Å². The van der Waals surface area contributed by atoms with Crippen LogP contribution in [0.4, 0.5) is 0 Å². The zero-order valence-corrected chi connectivity index (χ0v) is 19.1. The van der Waals surface area contributed by atoms with E-state index < -0.39 is 0 Å². The summed E-state index contributed by atoms with van der Waals surface area (Å²) in [6.07, 6.45) is 3.71. The van der Waals surface area contributed by atoms with Gasteiger partial charge >= 0.3 is 0 Å². The van der Waals surface area contributed by atoms with Crippen LogP contribution >= 0.6 is 35.3 Å². The molecular weight excluding hydrogens is 467 g/mol. The molecule has 0 spiro atoms. The van der Waals surface area contributed by atoms with Crippen LogP contribution in [0.5, 0.6) is 0 Å². The third-order valence-electron chi connectivity index (χ3n) is 5.53. The molecule has 4 nitrogen and oxygen atoms in total. The van der Waals surface area contributed by atoms with Gasteiger partial charge in [-0.1, -0.05) is 30.3 Å². The van der Waals surface area contributed by atoms with Crippen LogP contribution in [0.1, 0.15) is 34.9 Å². The molecule has 4 rings (SSSR count). The third-order valence-corrected chi connectivity index (χ3v) is 6.56. The number of thiophene rings is 1. The monoisotopic (exact) mass is 496 g/mol. The molecule has 6 heteroatoms. The Morgan fingerprint density at radius 2 is 1.93 bits per heavy atom. The van der Waals surface area contributed by atoms with Gasteiger partial charge in [-0.2, -0.15) is 0 Å². The van der Waals surface area contributed by atoms with Gasteiger partial charge in [0.2, 0.25) is 0 Å². The van der Waals surface area contributed by atoms with Crippen molar-refractivity contribution in [1.29, 1.82) is 0 Å². The van der Waals surface area contributed by atoms with E-state index in [1.54, 1.807) is 4.88 Å². The summed E-state index contributed by atoms with van der Waals surface area (Å²) in [4.78, 5) is 11.1. The van der Waals surface area contributed by atoms with Crippen LogP contribution in [0.25, 0.3) is 0 Å². The fourth-order valence-corrected chi connectivity index (χ4v) is 5.01. The highest BCUT2D eigenvalue weighted by atomic mass is 127. The molecule has 3 heterocycles. The summed E-state index contributed by atoms with van der Waals surface area (Å²) in [6.45, 7) is 5.31. The van der Waals surface area contributed by atoms with Crippen molar-refractivity contribution >= 4 is 41.3 Å². The maximum atomic E-state index is 4.52. The van der Waals surface area contributed by atoms with Crippen LogP contribution in [0.15, 0.2) is 46.8 Å². The molecule has 1 aromatic carbocycles. The van der Waals surface area contributed by atoms with E-state index in [4.69, 9.17) is 0 Å². The highest BCUT2D eigenvalue weighted by Gasteiger charge is 2.26. The number of guanidine groups is 1. The van der Waals surface area contributed by atoms with Crippen molar-refractivity contribution in [2.24, 2.45) is 4.99 Å². The topological polar surface area (TPSA) is 30.9 Å². The van der Waals surface area contributed by atoms with Crippen LogP contribution < -0.4 is 5.32 Å². The number of nitrogens with one attached hydrogen (secondary N) is 1. The number of halogens is 1. The second-order valence-corrected chi connectivity index (χ2v) is 8.14. The van der Waals surface area contributed by atoms with E-state index in [-0.39, 0.29) is 24.0 Å². The van der Waals surface area contributed by atoms with Gasteiger partial charge in [0.1, 0.15) is 0 Å². The number of hydrogen-bond donors (Lipinski definition) is 1. The number of benzene rings is 1. The first-order chi connectivity index (χ1) is 12.8. The van der Waals surface area contributed by atoms with Gasteiger partial charge in [-0.3, -0.25) is 9.89 Å². The van der Waals surface area contributed by atoms with Crippen LogP contribution in [0.2, 0.25) is 0 Å². The number of likely N-dealkylation sites (tertiary alicyclic amines) is 1. The molecule has 1 fully saturated rings. The SMILES string of the molecule is CN=C(NCC(c1ccccc1)N1CCc2sccc2C1)N1CCCC1.I.